The molecule has 0 unspecified atom stereocenters. The van der Waals surface area contributed by atoms with Crippen LogP contribution < -0.4 is 15.6 Å². The third-order valence-electron chi connectivity index (χ3n) is 3.86. The van der Waals surface area contributed by atoms with Crippen molar-refractivity contribution in [2.45, 2.75) is 12.7 Å². The summed E-state index contributed by atoms with van der Waals surface area (Å²) in [6.07, 6.45) is -4.62. The average Bonchev–Trinajstić information content (AvgIpc) is 3.07. The zero-order chi connectivity index (χ0) is 20.5. The van der Waals surface area contributed by atoms with Gasteiger partial charge in [-0.25, -0.2) is 9.82 Å². The largest absolute Gasteiger partial charge is 0.435 e. The molecule has 0 saturated heterocycles. The Morgan fingerprint density at radius 1 is 1.04 bits per heavy atom. The highest BCUT2D eigenvalue weighted by molar-refractivity contribution is 7.90. The molecule has 0 atom stereocenters. The van der Waals surface area contributed by atoms with Crippen molar-refractivity contribution in [2.75, 3.05) is 4.72 Å². The number of benzene rings is 2. The molecule has 7 nitrogen and oxygen atoms in total. The number of nitrogens with zero attached hydrogens (tertiary/aromatic N) is 2. The summed E-state index contributed by atoms with van der Waals surface area (Å²) in [4.78, 5) is 0. The first-order chi connectivity index (χ1) is 13.1. The van der Waals surface area contributed by atoms with E-state index in [2.05, 4.69) is 9.82 Å². The molecule has 3 aromatic rings. The fraction of sp³-hybridized carbons (Fsp3) is 0.118. The van der Waals surface area contributed by atoms with E-state index in [0.717, 1.165) is 16.3 Å². The highest BCUT2D eigenvalue weighted by Crippen LogP contribution is 2.33. The van der Waals surface area contributed by atoms with Crippen LogP contribution in [0.4, 0.5) is 18.9 Å². The van der Waals surface area contributed by atoms with E-state index in [1.807, 2.05) is 0 Å². The lowest BCUT2D eigenvalue weighted by atomic mass is 10.1. The van der Waals surface area contributed by atoms with Gasteiger partial charge in [-0.3, -0.25) is 4.72 Å². The van der Waals surface area contributed by atoms with Gasteiger partial charge in [0.1, 0.15) is 0 Å². The van der Waals surface area contributed by atoms with E-state index in [0.29, 0.717) is 17.8 Å². The Labute approximate surface area is 159 Å². The van der Waals surface area contributed by atoms with Gasteiger partial charge in [-0.2, -0.15) is 26.7 Å². The van der Waals surface area contributed by atoms with Crippen LogP contribution in [0, 0.1) is 0 Å². The first-order valence-corrected chi connectivity index (χ1v) is 9.49. The Bertz CT molecular complexity index is 1080. The predicted octanol–water partition coefficient (Wildman–Crippen LogP) is 2.63. The number of hydrogen-bond donors (Lipinski definition) is 3. The van der Waals surface area contributed by atoms with E-state index in [-0.39, 0.29) is 11.4 Å². The number of aromatic nitrogens is 2. The number of rotatable bonds is 5. The van der Waals surface area contributed by atoms with Crippen molar-refractivity contribution in [3.05, 3.63) is 65.9 Å². The van der Waals surface area contributed by atoms with Gasteiger partial charge in [-0.1, -0.05) is 24.3 Å². The van der Waals surface area contributed by atoms with Crippen molar-refractivity contribution in [2.24, 2.45) is 10.9 Å². The van der Waals surface area contributed by atoms with Gasteiger partial charge >= 0.3 is 6.18 Å². The first kappa shape index (κ1) is 19.9. The molecule has 2 aromatic carbocycles. The van der Waals surface area contributed by atoms with Crippen molar-refractivity contribution >= 4 is 15.9 Å². The van der Waals surface area contributed by atoms with E-state index in [1.165, 1.54) is 24.3 Å². The van der Waals surface area contributed by atoms with Gasteiger partial charge in [-0.15, -0.1) is 0 Å². The molecule has 3 rings (SSSR count). The monoisotopic (exact) mass is 411 g/mol. The molecule has 5 N–H and O–H groups in total. The van der Waals surface area contributed by atoms with Crippen LogP contribution in [0.1, 0.15) is 11.3 Å². The van der Waals surface area contributed by atoms with Gasteiger partial charge in [-0.05, 0) is 35.9 Å². The molecule has 0 saturated carbocycles. The van der Waals surface area contributed by atoms with Crippen LogP contribution in [-0.4, -0.2) is 18.2 Å². The smallest absolute Gasteiger partial charge is 0.326 e. The standard InChI is InChI=1S/C17H16F3N5O2S/c18-17(19,20)16-9-15(12-3-1-11(10-21)2-4-12)25(23-16)14-7-5-13(6-8-14)24-28(22,26)27/h1-9,24H,10,21H2,(H2,22,26,27). The minimum Gasteiger partial charge on any atom is -0.326 e. The first-order valence-electron chi connectivity index (χ1n) is 7.94. The summed E-state index contributed by atoms with van der Waals surface area (Å²) in [5.74, 6) is 0. The number of nitrogens with two attached hydrogens (primary N) is 2. The van der Waals surface area contributed by atoms with Crippen LogP contribution in [0.15, 0.2) is 54.6 Å². The molecule has 0 aliphatic rings. The summed E-state index contributed by atoms with van der Waals surface area (Å²) in [5, 5.41) is 8.58. The van der Waals surface area contributed by atoms with Crippen molar-refractivity contribution < 1.29 is 21.6 Å². The van der Waals surface area contributed by atoms with Crippen LogP contribution >= 0.6 is 0 Å². The molecule has 0 radical (unpaired) electrons. The normalized spacial score (nSPS) is 12.2. The minimum atomic E-state index is -4.62. The van der Waals surface area contributed by atoms with Gasteiger partial charge in [0, 0.05) is 17.8 Å². The molecule has 1 heterocycles. The number of anilines is 1. The number of hydrogen-bond acceptors (Lipinski definition) is 4. The number of nitrogens with one attached hydrogen (secondary N) is 1. The molecule has 0 aliphatic heterocycles. The van der Waals surface area contributed by atoms with E-state index < -0.39 is 22.1 Å². The highest BCUT2D eigenvalue weighted by Gasteiger charge is 2.35. The Balaban J connectivity index is 2.07. The quantitative estimate of drug-likeness (QED) is 0.598. The summed E-state index contributed by atoms with van der Waals surface area (Å²) < 4.78 is 65.0. The zero-order valence-electron chi connectivity index (χ0n) is 14.3. The lowest BCUT2D eigenvalue weighted by molar-refractivity contribution is -0.141. The van der Waals surface area contributed by atoms with E-state index >= 15 is 0 Å². The molecule has 0 amide bonds. The Kier molecular flexibility index (Phi) is 5.15. The lowest BCUT2D eigenvalue weighted by Gasteiger charge is -2.10. The third kappa shape index (κ3) is 4.50. The van der Waals surface area contributed by atoms with Crippen LogP contribution in [0.25, 0.3) is 16.9 Å². The van der Waals surface area contributed by atoms with E-state index in [4.69, 9.17) is 10.9 Å². The fourth-order valence-electron chi connectivity index (χ4n) is 2.57. The van der Waals surface area contributed by atoms with E-state index in [1.54, 1.807) is 24.3 Å². The summed E-state index contributed by atoms with van der Waals surface area (Å²) in [6.45, 7) is 0.311. The molecule has 0 bridgehead atoms. The van der Waals surface area contributed by atoms with Crippen molar-refractivity contribution in [1.82, 2.24) is 9.78 Å². The van der Waals surface area contributed by atoms with Gasteiger partial charge in [0.05, 0.1) is 11.4 Å². The fourth-order valence-corrected chi connectivity index (χ4v) is 3.03. The molecular weight excluding hydrogens is 395 g/mol. The summed E-state index contributed by atoms with van der Waals surface area (Å²) in [7, 11) is -3.96. The molecule has 28 heavy (non-hydrogen) atoms. The molecule has 0 aliphatic carbocycles. The Morgan fingerprint density at radius 3 is 2.14 bits per heavy atom. The van der Waals surface area contributed by atoms with Crippen LogP contribution in [0.5, 0.6) is 0 Å². The Morgan fingerprint density at radius 2 is 1.64 bits per heavy atom. The maximum atomic E-state index is 13.2. The van der Waals surface area contributed by atoms with Crippen LogP contribution in [0.2, 0.25) is 0 Å². The molecule has 0 fully saturated rings. The molecule has 1 aromatic heterocycles. The summed E-state index contributed by atoms with van der Waals surface area (Å²) in [5.41, 5.74) is 6.58. The SMILES string of the molecule is NCc1ccc(-c2cc(C(F)(F)F)nn2-c2ccc(NS(N)(=O)=O)cc2)cc1. The number of alkyl halides is 3. The summed E-state index contributed by atoms with van der Waals surface area (Å²) in [6, 6.07) is 13.3. The average molecular weight is 411 g/mol. The minimum absolute atomic E-state index is 0.170. The van der Waals surface area contributed by atoms with Gasteiger partial charge < -0.3 is 5.73 Å². The Hall–Kier alpha value is -2.89. The highest BCUT2D eigenvalue weighted by atomic mass is 32.2. The van der Waals surface area contributed by atoms with Crippen molar-refractivity contribution in [3.8, 4) is 16.9 Å². The molecule has 148 valence electrons. The summed E-state index contributed by atoms with van der Waals surface area (Å²) >= 11 is 0. The third-order valence-corrected chi connectivity index (χ3v) is 4.38. The predicted molar refractivity (Wildman–Crippen MR) is 98.6 cm³/mol. The van der Waals surface area contributed by atoms with E-state index in [9.17, 15) is 21.6 Å². The molecule has 11 heteroatoms. The maximum absolute atomic E-state index is 13.2. The van der Waals surface area contributed by atoms with Crippen molar-refractivity contribution in [1.29, 1.82) is 0 Å². The van der Waals surface area contributed by atoms with Gasteiger partial charge in [0.15, 0.2) is 5.69 Å². The lowest BCUT2D eigenvalue weighted by Crippen LogP contribution is -2.21. The second-order valence-corrected chi connectivity index (χ2v) is 7.21. The molecule has 0 spiro atoms. The second kappa shape index (κ2) is 7.26. The van der Waals surface area contributed by atoms with Crippen LogP contribution in [-0.2, 0) is 22.9 Å². The van der Waals surface area contributed by atoms with Gasteiger partial charge in [0.25, 0.3) is 10.2 Å². The van der Waals surface area contributed by atoms with Crippen molar-refractivity contribution in [3.63, 3.8) is 0 Å². The second-order valence-electron chi connectivity index (χ2n) is 5.92. The number of halogens is 3. The van der Waals surface area contributed by atoms with Gasteiger partial charge in [0.2, 0.25) is 0 Å². The zero-order valence-corrected chi connectivity index (χ0v) is 15.1. The van der Waals surface area contributed by atoms with Crippen LogP contribution in [0.3, 0.4) is 0 Å². The molecular formula is C17H16F3N5O2S. The maximum Gasteiger partial charge on any atom is 0.435 e. The topological polar surface area (TPSA) is 116 Å².